The van der Waals surface area contributed by atoms with Crippen molar-refractivity contribution >= 4 is 22.5 Å². The largest absolute Gasteiger partial charge is 0.361 e. The van der Waals surface area contributed by atoms with E-state index in [0.29, 0.717) is 5.92 Å². The van der Waals surface area contributed by atoms with Crippen molar-refractivity contribution in [3.8, 4) is 0 Å². The van der Waals surface area contributed by atoms with E-state index in [-0.39, 0.29) is 22.8 Å². The number of halogens is 1. The van der Waals surface area contributed by atoms with Crippen LogP contribution in [-0.4, -0.2) is 16.4 Å². The van der Waals surface area contributed by atoms with Crippen LogP contribution in [0.5, 0.6) is 0 Å². The fraction of sp³-hybridized carbons (Fsp3) is 0.500. The van der Waals surface area contributed by atoms with Gasteiger partial charge in [0.25, 0.3) is 0 Å². The molecule has 2 aliphatic rings. The summed E-state index contributed by atoms with van der Waals surface area (Å²) in [7, 11) is 0. The molecular formula is C20H23ClN4. The van der Waals surface area contributed by atoms with Gasteiger partial charge < -0.3 is 4.98 Å². The van der Waals surface area contributed by atoms with Crippen molar-refractivity contribution in [1.82, 2.24) is 4.98 Å². The van der Waals surface area contributed by atoms with Gasteiger partial charge in [-0.25, -0.2) is 0 Å². The molecule has 1 N–H and O–H groups in total. The Labute approximate surface area is 152 Å². The number of H-pyrrole nitrogens is 1. The van der Waals surface area contributed by atoms with E-state index in [4.69, 9.17) is 11.6 Å². The van der Waals surface area contributed by atoms with Crippen LogP contribution in [0.4, 0.5) is 0 Å². The molecule has 130 valence electrons. The summed E-state index contributed by atoms with van der Waals surface area (Å²) in [6.07, 6.45) is 4.86. The monoisotopic (exact) mass is 354 g/mol. The molecule has 4 nitrogen and oxygen atoms in total. The van der Waals surface area contributed by atoms with Crippen molar-refractivity contribution in [2.45, 2.75) is 49.9 Å². The van der Waals surface area contributed by atoms with Gasteiger partial charge in [0.2, 0.25) is 0 Å². The second-order valence-corrected chi connectivity index (χ2v) is 8.78. The maximum absolute atomic E-state index is 9.27. The molecule has 0 bridgehead atoms. The quantitative estimate of drug-likeness (QED) is 0.224. The summed E-state index contributed by atoms with van der Waals surface area (Å²) in [6, 6.07) is 6.20. The Morgan fingerprint density at radius 1 is 1.40 bits per heavy atom. The topological polar surface area (TPSA) is 64.5 Å². The second kappa shape index (κ2) is 5.30. The molecule has 4 rings (SSSR count). The van der Waals surface area contributed by atoms with Gasteiger partial charge >= 0.3 is 0 Å². The molecule has 1 fully saturated rings. The molecule has 0 saturated heterocycles. The lowest BCUT2D eigenvalue weighted by molar-refractivity contribution is 0.107. The number of hydrogen-bond acceptors (Lipinski definition) is 1. The molecule has 5 heteroatoms. The summed E-state index contributed by atoms with van der Waals surface area (Å²) in [6.45, 7) is 10.7. The van der Waals surface area contributed by atoms with Gasteiger partial charge in [0.15, 0.2) is 0 Å². The normalized spacial score (nSPS) is 35.7. The van der Waals surface area contributed by atoms with Crippen molar-refractivity contribution in [1.29, 1.82) is 0 Å². The summed E-state index contributed by atoms with van der Waals surface area (Å²) < 4.78 is 0. The molecular weight excluding hydrogens is 332 g/mol. The van der Waals surface area contributed by atoms with Crippen LogP contribution < -0.4 is 0 Å². The molecule has 0 spiro atoms. The number of rotatable bonds is 2. The first kappa shape index (κ1) is 16.6. The van der Waals surface area contributed by atoms with Crippen molar-refractivity contribution in [3.63, 3.8) is 0 Å². The molecule has 0 amide bonds. The van der Waals surface area contributed by atoms with Crippen LogP contribution in [0.3, 0.4) is 0 Å². The van der Waals surface area contributed by atoms with Gasteiger partial charge in [-0.2, -0.15) is 0 Å². The number of nitrogens with one attached hydrogen (secondary N) is 1. The number of nitrogens with zero attached hydrogens (tertiary/aromatic N) is 3. The lowest BCUT2D eigenvalue weighted by atomic mass is 9.51. The summed E-state index contributed by atoms with van der Waals surface area (Å²) in [5.74, 6) is 0.444. The highest BCUT2D eigenvalue weighted by Crippen LogP contribution is 2.60. The first-order chi connectivity index (χ1) is 11.9. The fourth-order valence-corrected chi connectivity index (χ4v) is 5.67. The van der Waals surface area contributed by atoms with Gasteiger partial charge in [-0.3, -0.25) is 0 Å². The molecule has 0 unspecified atom stereocenters. The lowest BCUT2D eigenvalue weighted by Gasteiger charge is -2.55. The van der Waals surface area contributed by atoms with Crippen LogP contribution in [0, 0.1) is 11.3 Å². The highest BCUT2D eigenvalue weighted by molar-refractivity contribution is 6.21. The van der Waals surface area contributed by atoms with Crippen LogP contribution >= 0.6 is 11.6 Å². The minimum Gasteiger partial charge on any atom is -0.361 e. The number of aromatic amines is 1. The molecule has 1 saturated carbocycles. The van der Waals surface area contributed by atoms with Gasteiger partial charge in [-0.15, -0.1) is 18.2 Å². The van der Waals surface area contributed by atoms with E-state index in [1.807, 2.05) is 6.08 Å². The van der Waals surface area contributed by atoms with Crippen LogP contribution in [-0.2, 0) is 5.41 Å². The van der Waals surface area contributed by atoms with E-state index in [0.717, 1.165) is 11.9 Å². The predicted molar refractivity (Wildman–Crippen MR) is 103 cm³/mol. The van der Waals surface area contributed by atoms with Crippen molar-refractivity contribution in [3.05, 3.63) is 58.6 Å². The third kappa shape index (κ3) is 1.98. The first-order valence-electron chi connectivity index (χ1n) is 8.78. The third-order valence-electron chi connectivity index (χ3n) is 6.88. The maximum Gasteiger partial charge on any atom is 0.0548 e. The third-order valence-corrected chi connectivity index (χ3v) is 7.53. The van der Waals surface area contributed by atoms with E-state index in [9.17, 15) is 5.53 Å². The number of hydrogen-bond donors (Lipinski definition) is 1. The van der Waals surface area contributed by atoms with Crippen molar-refractivity contribution < 1.29 is 0 Å². The average Bonchev–Trinajstić information content (AvgIpc) is 3.01. The summed E-state index contributed by atoms with van der Waals surface area (Å²) in [5, 5.41) is 5.43. The molecule has 25 heavy (non-hydrogen) atoms. The van der Waals surface area contributed by atoms with Gasteiger partial charge in [0.1, 0.15) is 0 Å². The maximum atomic E-state index is 9.27. The Balaban J connectivity index is 2.04. The fourth-order valence-electron chi connectivity index (χ4n) is 5.26. The molecule has 1 aromatic heterocycles. The molecule has 5 atom stereocenters. The van der Waals surface area contributed by atoms with Crippen LogP contribution in [0.1, 0.15) is 44.2 Å². The zero-order valence-electron chi connectivity index (χ0n) is 14.8. The molecule has 1 aromatic carbocycles. The van der Waals surface area contributed by atoms with E-state index >= 15 is 0 Å². The molecule has 1 heterocycles. The Bertz CT molecular complexity index is 908. The Hall–Kier alpha value is -1.90. The van der Waals surface area contributed by atoms with Gasteiger partial charge in [-0.1, -0.05) is 44.1 Å². The van der Waals surface area contributed by atoms with Gasteiger partial charge in [0, 0.05) is 32.8 Å². The highest BCUT2D eigenvalue weighted by atomic mass is 35.5. The zero-order valence-corrected chi connectivity index (χ0v) is 15.6. The molecule has 0 aliphatic heterocycles. The van der Waals surface area contributed by atoms with Gasteiger partial charge in [-0.05, 0) is 46.4 Å². The predicted octanol–water partition coefficient (Wildman–Crippen LogP) is 6.04. The van der Waals surface area contributed by atoms with E-state index < -0.39 is 5.41 Å². The number of fused-ring (bicyclic) bond motifs is 2. The highest BCUT2D eigenvalue weighted by Gasteiger charge is 2.56. The van der Waals surface area contributed by atoms with E-state index in [1.165, 1.54) is 16.5 Å². The Morgan fingerprint density at radius 3 is 2.84 bits per heavy atom. The Kier molecular flexibility index (Phi) is 3.51. The summed E-state index contributed by atoms with van der Waals surface area (Å²) >= 11 is 6.84. The SMILES string of the molecule is C=C[C@@]1(C)[C@H](Cl)C[C@H]2[C@@H](c3c[nH]c4cccc(c34)C2(C)C)[C@H]1N=[N+]=[N-]. The van der Waals surface area contributed by atoms with Crippen molar-refractivity contribution in [2.75, 3.05) is 0 Å². The minimum atomic E-state index is -0.430. The zero-order chi connectivity index (χ0) is 18.0. The number of benzene rings is 1. The van der Waals surface area contributed by atoms with Gasteiger partial charge in [0.05, 0.1) is 6.04 Å². The van der Waals surface area contributed by atoms with E-state index in [2.05, 4.69) is 66.8 Å². The standard InChI is InChI=1S/C20H23ClN4/c1-5-20(4)15(21)9-13-17(18(20)24-25-22)11-10-23-14-8-6-7-12(16(11)14)19(13,2)3/h5-8,10,13,15,17-18,23H,1,9H2,2-4H3/t13-,15+,17+,18+,20-/m0/s1. The number of azide groups is 1. The lowest BCUT2D eigenvalue weighted by Crippen LogP contribution is -2.54. The van der Waals surface area contributed by atoms with Crippen LogP contribution in [0.2, 0.25) is 0 Å². The molecule has 0 radical (unpaired) electrons. The Morgan fingerprint density at radius 2 is 2.16 bits per heavy atom. The first-order valence-corrected chi connectivity index (χ1v) is 9.22. The molecule has 2 aromatic rings. The summed E-state index contributed by atoms with van der Waals surface area (Å²) in [4.78, 5) is 6.61. The van der Waals surface area contributed by atoms with Crippen LogP contribution in [0.25, 0.3) is 21.3 Å². The number of aromatic nitrogens is 1. The average molecular weight is 355 g/mol. The number of alkyl halides is 1. The summed E-state index contributed by atoms with van der Waals surface area (Å²) in [5.41, 5.74) is 12.5. The van der Waals surface area contributed by atoms with Crippen LogP contribution in [0.15, 0.2) is 42.2 Å². The minimum absolute atomic E-state index is 0.0434. The molecule has 2 aliphatic carbocycles. The smallest absolute Gasteiger partial charge is 0.0548 e. The van der Waals surface area contributed by atoms with Crippen molar-refractivity contribution in [2.24, 2.45) is 16.4 Å². The van der Waals surface area contributed by atoms with E-state index in [1.54, 1.807) is 0 Å². The second-order valence-electron chi connectivity index (χ2n) is 8.25.